The smallest absolute Gasteiger partial charge is 0.226 e. The number of rotatable bonds is 4. The number of piperidine rings is 1. The molecule has 0 bridgehead atoms. The van der Waals surface area contributed by atoms with E-state index in [1.54, 1.807) is 6.07 Å². The van der Waals surface area contributed by atoms with Crippen LogP contribution in [0, 0.1) is 17.7 Å². The van der Waals surface area contributed by atoms with Gasteiger partial charge < -0.3 is 4.90 Å². The highest BCUT2D eigenvalue weighted by molar-refractivity contribution is 5.83. The topological polar surface area (TPSA) is 20.3 Å². The van der Waals surface area contributed by atoms with Crippen LogP contribution in [-0.2, 0) is 11.2 Å². The first-order chi connectivity index (χ1) is 12.2. The zero-order valence-corrected chi connectivity index (χ0v) is 14.4. The average Bonchev–Trinajstić information content (AvgIpc) is 3.44. The van der Waals surface area contributed by atoms with Crippen molar-refractivity contribution in [1.82, 2.24) is 4.90 Å². The zero-order chi connectivity index (χ0) is 17.2. The maximum absolute atomic E-state index is 13.9. The van der Waals surface area contributed by atoms with Crippen LogP contribution >= 0.6 is 0 Å². The summed E-state index contributed by atoms with van der Waals surface area (Å²) in [5, 5.41) is 0. The van der Waals surface area contributed by atoms with Crippen LogP contribution in [0.25, 0.3) is 0 Å². The Hall–Kier alpha value is -2.16. The lowest BCUT2D eigenvalue weighted by atomic mass is 9.90. The largest absolute Gasteiger partial charge is 0.342 e. The summed E-state index contributed by atoms with van der Waals surface area (Å²) in [6.07, 6.45) is 4.03. The van der Waals surface area contributed by atoms with E-state index in [2.05, 4.69) is 24.3 Å². The quantitative estimate of drug-likeness (QED) is 0.809. The van der Waals surface area contributed by atoms with E-state index in [1.807, 2.05) is 23.1 Å². The lowest BCUT2D eigenvalue weighted by Crippen LogP contribution is -2.40. The van der Waals surface area contributed by atoms with Gasteiger partial charge in [0, 0.05) is 19.0 Å². The van der Waals surface area contributed by atoms with Gasteiger partial charge in [0.1, 0.15) is 5.82 Å². The van der Waals surface area contributed by atoms with Crippen LogP contribution < -0.4 is 0 Å². The second-order valence-electron chi connectivity index (χ2n) is 7.43. The Bertz CT molecular complexity index is 737. The lowest BCUT2D eigenvalue weighted by molar-refractivity contribution is -0.134. The van der Waals surface area contributed by atoms with Gasteiger partial charge in [-0.25, -0.2) is 4.39 Å². The van der Waals surface area contributed by atoms with Gasteiger partial charge in [0.2, 0.25) is 5.91 Å². The van der Waals surface area contributed by atoms with Crippen LogP contribution in [0.4, 0.5) is 4.39 Å². The molecule has 1 amide bonds. The third-order valence-electron chi connectivity index (χ3n) is 5.71. The number of likely N-dealkylation sites (tertiary alicyclic amines) is 1. The van der Waals surface area contributed by atoms with Crippen molar-refractivity contribution >= 4 is 5.91 Å². The molecule has 1 heterocycles. The van der Waals surface area contributed by atoms with Crippen LogP contribution in [-0.4, -0.2) is 23.9 Å². The SMILES string of the molecule is O=C([C@H]1C[C@H]1c1ccccc1F)N1CCC(Cc2ccccc2)CC1. The molecule has 4 rings (SSSR count). The predicted molar refractivity (Wildman–Crippen MR) is 96.7 cm³/mol. The summed E-state index contributed by atoms with van der Waals surface area (Å²) in [5.41, 5.74) is 2.09. The third-order valence-corrected chi connectivity index (χ3v) is 5.71. The normalized spacial score (nSPS) is 23.5. The van der Waals surface area contributed by atoms with E-state index in [-0.39, 0.29) is 23.6 Å². The Labute approximate surface area is 148 Å². The molecule has 2 aliphatic rings. The summed E-state index contributed by atoms with van der Waals surface area (Å²) in [6.45, 7) is 1.69. The van der Waals surface area contributed by atoms with E-state index < -0.39 is 0 Å². The summed E-state index contributed by atoms with van der Waals surface area (Å²) in [6, 6.07) is 17.5. The molecule has 2 fully saturated rings. The van der Waals surface area contributed by atoms with Crippen molar-refractivity contribution in [3.8, 4) is 0 Å². The monoisotopic (exact) mass is 337 g/mol. The fourth-order valence-corrected chi connectivity index (χ4v) is 4.13. The molecule has 25 heavy (non-hydrogen) atoms. The number of carbonyl (C=O) groups excluding carboxylic acids is 1. The molecule has 2 aromatic carbocycles. The summed E-state index contributed by atoms with van der Waals surface area (Å²) in [7, 11) is 0. The molecule has 0 radical (unpaired) electrons. The van der Waals surface area contributed by atoms with Gasteiger partial charge in [0.15, 0.2) is 0 Å². The van der Waals surface area contributed by atoms with Crippen molar-refractivity contribution in [3.05, 3.63) is 71.5 Å². The molecule has 1 saturated heterocycles. The van der Waals surface area contributed by atoms with Gasteiger partial charge in [0.05, 0.1) is 0 Å². The summed E-state index contributed by atoms with van der Waals surface area (Å²) in [4.78, 5) is 14.7. The molecule has 1 saturated carbocycles. The molecule has 2 aromatic rings. The maximum Gasteiger partial charge on any atom is 0.226 e. The van der Waals surface area contributed by atoms with Gasteiger partial charge in [-0.3, -0.25) is 4.79 Å². The van der Waals surface area contributed by atoms with E-state index in [1.165, 1.54) is 11.6 Å². The third kappa shape index (κ3) is 3.60. The number of carbonyl (C=O) groups is 1. The van der Waals surface area contributed by atoms with Crippen molar-refractivity contribution in [2.24, 2.45) is 11.8 Å². The summed E-state index contributed by atoms with van der Waals surface area (Å²) >= 11 is 0. The highest BCUT2D eigenvalue weighted by Gasteiger charge is 2.47. The summed E-state index contributed by atoms with van der Waals surface area (Å²) < 4.78 is 13.9. The minimum Gasteiger partial charge on any atom is -0.342 e. The van der Waals surface area contributed by atoms with E-state index in [4.69, 9.17) is 0 Å². The molecule has 2 nitrogen and oxygen atoms in total. The fraction of sp³-hybridized carbons (Fsp3) is 0.409. The Kier molecular flexibility index (Phi) is 4.56. The Morgan fingerprint density at radius 1 is 1.00 bits per heavy atom. The van der Waals surface area contributed by atoms with E-state index in [0.717, 1.165) is 38.8 Å². The molecule has 0 N–H and O–H groups in total. The van der Waals surface area contributed by atoms with Crippen LogP contribution in [0.15, 0.2) is 54.6 Å². The van der Waals surface area contributed by atoms with Crippen LogP contribution in [0.5, 0.6) is 0 Å². The second kappa shape index (κ2) is 6.99. The standard InChI is InChI=1S/C22H24FNO/c23-21-9-5-4-8-18(21)19-15-20(19)22(25)24-12-10-17(11-13-24)14-16-6-2-1-3-7-16/h1-9,17,19-20H,10-15H2/t19-,20-/m0/s1. The first kappa shape index (κ1) is 16.3. The van der Waals surface area contributed by atoms with Gasteiger partial charge in [-0.1, -0.05) is 48.5 Å². The van der Waals surface area contributed by atoms with Crippen molar-refractivity contribution < 1.29 is 9.18 Å². The number of amides is 1. The second-order valence-corrected chi connectivity index (χ2v) is 7.43. The van der Waals surface area contributed by atoms with E-state index >= 15 is 0 Å². The Morgan fingerprint density at radius 2 is 1.68 bits per heavy atom. The molecule has 130 valence electrons. The van der Waals surface area contributed by atoms with E-state index in [9.17, 15) is 9.18 Å². The number of hydrogen-bond donors (Lipinski definition) is 0. The fourth-order valence-electron chi connectivity index (χ4n) is 4.13. The van der Waals surface area contributed by atoms with Gasteiger partial charge >= 0.3 is 0 Å². The first-order valence-corrected chi connectivity index (χ1v) is 9.29. The lowest BCUT2D eigenvalue weighted by Gasteiger charge is -2.32. The van der Waals surface area contributed by atoms with Crippen molar-refractivity contribution in [3.63, 3.8) is 0 Å². The molecule has 0 aromatic heterocycles. The average molecular weight is 337 g/mol. The van der Waals surface area contributed by atoms with Crippen molar-refractivity contribution in [1.29, 1.82) is 0 Å². The summed E-state index contributed by atoms with van der Waals surface area (Å²) in [5.74, 6) is 0.780. The number of nitrogens with zero attached hydrogens (tertiary/aromatic N) is 1. The number of halogens is 1. The van der Waals surface area contributed by atoms with Crippen LogP contribution in [0.2, 0.25) is 0 Å². The minimum atomic E-state index is -0.177. The molecular formula is C22H24FNO. The predicted octanol–water partition coefficient (Wildman–Crippen LogP) is 4.41. The van der Waals surface area contributed by atoms with Crippen LogP contribution in [0.1, 0.15) is 36.3 Å². The molecule has 1 aliphatic heterocycles. The molecule has 0 spiro atoms. The van der Waals surface area contributed by atoms with Gasteiger partial charge in [-0.15, -0.1) is 0 Å². The van der Waals surface area contributed by atoms with Gasteiger partial charge in [0.25, 0.3) is 0 Å². The molecular weight excluding hydrogens is 313 g/mol. The van der Waals surface area contributed by atoms with E-state index in [0.29, 0.717) is 11.5 Å². The highest BCUT2D eigenvalue weighted by Crippen LogP contribution is 2.49. The molecule has 1 aliphatic carbocycles. The molecule has 0 unspecified atom stereocenters. The molecule has 3 heteroatoms. The number of hydrogen-bond acceptors (Lipinski definition) is 1. The number of benzene rings is 2. The Balaban J connectivity index is 1.30. The minimum absolute atomic E-state index is 0.0115. The van der Waals surface area contributed by atoms with Gasteiger partial charge in [-0.2, -0.15) is 0 Å². The highest BCUT2D eigenvalue weighted by atomic mass is 19.1. The molecule has 2 atom stereocenters. The van der Waals surface area contributed by atoms with Crippen molar-refractivity contribution in [2.75, 3.05) is 13.1 Å². The van der Waals surface area contributed by atoms with Crippen molar-refractivity contribution in [2.45, 2.75) is 31.6 Å². The maximum atomic E-state index is 13.9. The van der Waals surface area contributed by atoms with Gasteiger partial charge in [-0.05, 0) is 54.7 Å². The van der Waals surface area contributed by atoms with Crippen LogP contribution in [0.3, 0.4) is 0 Å². The first-order valence-electron chi connectivity index (χ1n) is 9.29. The zero-order valence-electron chi connectivity index (χ0n) is 14.4. The Morgan fingerprint density at radius 3 is 2.40 bits per heavy atom.